The third kappa shape index (κ3) is 38.4. The smallest absolute Gasteiger partial charge is 0.303 e. The number of ether oxygens (including phenoxy) is 1. The van der Waals surface area contributed by atoms with Gasteiger partial charge in [-0.2, -0.15) is 0 Å². The zero-order chi connectivity index (χ0) is 31.4. The highest BCUT2D eigenvalue weighted by atomic mass is 16.5. The van der Waals surface area contributed by atoms with Gasteiger partial charge < -0.3 is 25.2 Å². The van der Waals surface area contributed by atoms with E-state index in [-0.39, 0.29) is 13.2 Å². The van der Waals surface area contributed by atoms with Gasteiger partial charge >= 0.3 is 5.97 Å². The van der Waals surface area contributed by atoms with Gasteiger partial charge in [0.25, 0.3) is 0 Å². The molecule has 0 amide bonds. The average Bonchev–Trinajstić information content (AvgIpc) is 3.01. The van der Waals surface area contributed by atoms with Crippen LogP contribution in [0.2, 0.25) is 0 Å². The van der Waals surface area contributed by atoms with Crippen molar-refractivity contribution in [3.63, 3.8) is 0 Å². The first-order valence-electron chi connectivity index (χ1n) is 17.3. The molecular formula is C36H68O6. The van der Waals surface area contributed by atoms with Gasteiger partial charge in [-0.1, -0.05) is 160 Å². The van der Waals surface area contributed by atoms with Crippen LogP contribution in [-0.4, -0.2) is 52.3 Å². The lowest BCUT2D eigenvalue weighted by molar-refractivity contribution is -0.137. The molecule has 4 N–H and O–H groups in total. The van der Waals surface area contributed by atoms with Gasteiger partial charge in [-0.25, -0.2) is 0 Å². The van der Waals surface area contributed by atoms with E-state index in [4.69, 9.17) is 25.2 Å². The third-order valence-corrected chi connectivity index (χ3v) is 7.18. The van der Waals surface area contributed by atoms with Crippen molar-refractivity contribution < 1.29 is 30.0 Å². The molecule has 1 aromatic carbocycles. The number of hydrogen-bond acceptors (Lipinski definition) is 5. The van der Waals surface area contributed by atoms with Crippen molar-refractivity contribution in [1.29, 1.82) is 0 Å². The van der Waals surface area contributed by atoms with Gasteiger partial charge in [-0.05, 0) is 25.0 Å². The summed E-state index contributed by atoms with van der Waals surface area (Å²) in [6.45, 7) is 4.66. The molecule has 0 saturated heterocycles. The van der Waals surface area contributed by atoms with E-state index in [0.29, 0.717) is 6.42 Å². The molecule has 6 heteroatoms. The highest BCUT2D eigenvalue weighted by molar-refractivity contribution is 5.66. The first kappa shape index (κ1) is 42.5. The molecule has 0 unspecified atom stereocenters. The van der Waals surface area contributed by atoms with Crippen LogP contribution in [-0.2, 0) is 4.79 Å². The molecule has 0 bridgehead atoms. The quantitative estimate of drug-likeness (QED) is 0.0754. The summed E-state index contributed by atoms with van der Waals surface area (Å²) in [5.74, 6) is 0.341. The lowest BCUT2D eigenvalue weighted by atomic mass is 10.0. The van der Waals surface area contributed by atoms with Gasteiger partial charge in [0.05, 0.1) is 19.8 Å². The summed E-state index contributed by atoms with van der Waals surface area (Å²) in [7, 11) is 0. The Morgan fingerprint density at radius 3 is 1.29 bits per heavy atom. The Kier molecular flexibility index (Phi) is 37.8. The molecule has 248 valence electrons. The number of aliphatic hydroxyl groups excluding tert-OH is 3. The van der Waals surface area contributed by atoms with E-state index in [1.807, 2.05) is 30.3 Å². The van der Waals surface area contributed by atoms with E-state index in [9.17, 15) is 4.79 Å². The minimum Gasteiger partial charge on any atom is -0.494 e. The summed E-state index contributed by atoms with van der Waals surface area (Å²) in [4.78, 5) is 10.3. The van der Waals surface area contributed by atoms with Gasteiger partial charge in [-0.15, -0.1) is 0 Å². The lowest BCUT2D eigenvalue weighted by Gasteiger charge is -2.05. The average molecular weight is 597 g/mol. The van der Waals surface area contributed by atoms with Gasteiger partial charge in [0, 0.05) is 6.42 Å². The molecule has 0 atom stereocenters. The molecular weight excluding hydrogens is 528 g/mol. The standard InChI is InChI=1S/C18H36O2.C15H24O.C3H8O3/c1-2-3-4-5-6-7-8-9-10-11-12-13-14-15-16-17-18(19)20;1-2-3-4-5-6-7-11-14-16-15-12-9-8-10-13-15;4-1-3(6)2-5/h2-17H2,1H3,(H,19,20);8-10,12-13H,2-7,11,14H2,1H3;3-6H,1-2H2. The normalized spacial score (nSPS) is 10.5. The number of rotatable bonds is 27. The Morgan fingerprint density at radius 2 is 0.952 bits per heavy atom. The molecule has 0 aromatic heterocycles. The van der Waals surface area contributed by atoms with Gasteiger partial charge in [0.15, 0.2) is 0 Å². The van der Waals surface area contributed by atoms with E-state index in [1.54, 1.807) is 0 Å². The van der Waals surface area contributed by atoms with Gasteiger partial charge in [-0.3, -0.25) is 4.79 Å². The van der Waals surface area contributed by atoms with Crippen LogP contribution in [0.15, 0.2) is 30.3 Å². The van der Waals surface area contributed by atoms with Gasteiger partial charge in [0.2, 0.25) is 0 Å². The number of aliphatic carboxylic acids is 1. The molecule has 6 nitrogen and oxygen atoms in total. The van der Waals surface area contributed by atoms with Crippen LogP contribution < -0.4 is 4.74 Å². The third-order valence-electron chi connectivity index (χ3n) is 7.18. The molecule has 0 fully saturated rings. The van der Waals surface area contributed by atoms with Crippen LogP contribution >= 0.6 is 0 Å². The maximum absolute atomic E-state index is 10.3. The summed E-state index contributed by atoms with van der Waals surface area (Å²) >= 11 is 0. The monoisotopic (exact) mass is 597 g/mol. The van der Waals surface area contributed by atoms with Crippen molar-refractivity contribution in [1.82, 2.24) is 0 Å². The van der Waals surface area contributed by atoms with Crippen LogP contribution in [0.25, 0.3) is 0 Å². The highest BCUT2D eigenvalue weighted by Crippen LogP contribution is 2.14. The minimum atomic E-state index is -0.954. The Morgan fingerprint density at radius 1 is 0.595 bits per heavy atom. The topological polar surface area (TPSA) is 107 Å². The van der Waals surface area contributed by atoms with Crippen molar-refractivity contribution in [3.8, 4) is 5.75 Å². The molecule has 0 aliphatic carbocycles. The molecule has 0 saturated carbocycles. The fraction of sp³-hybridized carbons (Fsp3) is 0.806. The Bertz CT molecular complexity index is 621. The fourth-order valence-corrected chi connectivity index (χ4v) is 4.47. The predicted molar refractivity (Wildman–Crippen MR) is 177 cm³/mol. The van der Waals surface area contributed by atoms with E-state index >= 15 is 0 Å². The van der Waals surface area contributed by atoms with E-state index in [0.717, 1.165) is 25.2 Å². The SMILES string of the molecule is CCCCCCCCCCCCCCCCCC(=O)O.CCCCCCCCCOc1ccccc1.OCC(O)CO. The Labute approximate surface area is 259 Å². The number of carboxylic acid groups (broad SMARTS) is 1. The van der Waals surface area contributed by atoms with Crippen molar-refractivity contribution in [2.45, 2.75) is 168 Å². The Balaban J connectivity index is 0. The number of para-hydroxylation sites is 1. The maximum Gasteiger partial charge on any atom is 0.303 e. The number of hydrogen-bond donors (Lipinski definition) is 4. The molecule has 0 spiro atoms. The van der Waals surface area contributed by atoms with Crippen molar-refractivity contribution in [3.05, 3.63) is 30.3 Å². The van der Waals surface area contributed by atoms with Crippen LogP contribution in [0.4, 0.5) is 0 Å². The van der Waals surface area contributed by atoms with Crippen LogP contribution in [0.5, 0.6) is 5.75 Å². The van der Waals surface area contributed by atoms with Crippen LogP contribution in [0.3, 0.4) is 0 Å². The minimum absolute atomic E-state index is 0.345. The number of benzene rings is 1. The zero-order valence-electron chi connectivity index (χ0n) is 27.5. The predicted octanol–water partition coefficient (Wildman–Crippen LogP) is 9.48. The molecule has 1 rings (SSSR count). The van der Waals surface area contributed by atoms with Crippen molar-refractivity contribution in [2.24, 2.45) is 0 Å². The van der Waals surface area contributed by atoms with Crippen LogP contribution in [0, 0.1) is 0 Å². The zero-order valence-corrected chi connectivity index (χ0v) is 27.5. The second kappa shape index (κ2) is 37.4. The molecule has 0 radical (unpaired) electrons. The maximum atomic E-state index is 10.3. The summed E-state index contributed by atoms with van der Waals surface area (Å²) in [6.07, 6.45) is 28.6. The summed E-state index contributed by atoms with van der Waals surface area (Å²) in [6, 6.07) is 10.1. The van der Waals surface area contributed by atoms with E-state index < -0.39 is 12.1 Å². The molecule has 0 aliphatic heterocycles. The number of carboxylic acids is 1. The molecule has 1 aromatic rings. The Hall–Kier alpha value is -1.63. The largest absolute Gasteiger partial charge is 0.494 e. The first-order valence-corrected chi connectivity index (χ1v) is 17.3. The van der Waals surface area contributed by atoms with E-state index in [1.165, 1.54) is 128 Å². The molecule has 0 aliphatic rings. The molecule has 42 heavy (non-hydrogen) atoms. The number of carbonyl (C=O) groups is 1. The number of unbranched alkanes of at least 4 members (excludes halogenated alkanes) is 20. The first-order chi connectivity index (χ1) is 20.5. The van der Waals surface area contributed by atoms with E-state index in [2.05, 4.69) is 13.8 Å². The lowest BCUT2D eigenvalue weighted by Crippen LogP contribution is -2.15. The molecule has 0 heterocycles. The van der Waals surface area contributed by atoms with Crippen LogP contribution in [0.1, 0.15) is 162 Å². The summed E-state index contributed by atoms with van der Waals surface area (Å²) < 4.78 is 5.63. The van der Waals surface area contributed by atoms with Crippen molar-refractivity contribution in [2.75, 3.05) is 19.8 Å². The fourth-order valence-electron chi connectivity index (χ4n) is 4.47. The second-order valence-corrected chi connectivity index (χ2v) is 11.4. The summed E-state index contributed by atoms with van der Waals surface area (Å²) in [5, 5.41) is 32.5. The number of aliphatic hydroxyl groups is 3. The second-order valence-electron chi connectivity index (χ2n) is 11.4. The van der Waals surface area contributed by atoms with Crippen molar-refractivity contribution >= 4 is 5.97 Å². The highest BCUT2D eigenvalue weighted by Gasteiger charge is 1.97. The summed E-state index contributed by atoms with van der Waals surface area (Å²) in [5.41, 5.74) is 0. The van der Waals surface area contributed by atoms with Gasteiger partial charge in [0.1, 0.15) is 11.9 Å².